The van der Waals surface area contributed by atoms with Crippen LogP contribution in [0, 0.1) is 0 Å². The summed E-state index contributed by atoms with van der Waals surface area (Å²) in [4.78, 5) is 14.9. The summed E-state index contributed by atoms with van der Waals surface area (Å²) in [6.45, 7) is 4.91. The Morgan fingerprint density at radius 1 is 1.11 bits per heavy atom. The minimum absolute atomic E-state index is 0.0616. The van der Waals surface area contributed by atoms with Gasteiger partial charge in [0.05, 0.1) is 18.8 Å². The van der Waals surface area contributed by atoms with Crippen molar-refractivity contribution in [3.8, 4) is 11.5 Å². The first kappa shape index (κ1) is 19.1. The van der Waals surface area contributed by atoms with Gasteiger partial charge < -0.3 is 19.5 Å². The van der Waals surface area contributed by atoms with Crippen molar-refractivity contribution in [2.24, 2.45) is 0 Å². The average Bonchev–Trinajstić information content (AvgIpc) is 2.73. The Bertz CT molecular complexity index is 843. The Morgan fingerprint density at radius 3 is 2.64 bits per heavy atom. The molecule has 2 aliphatic rings. The van der Waals surface area contributed by atoms with E-state index in [1.807, 2.05) is 43.3 Å². The molecule has 1 fully saturated rings. The van der Waals surface area contributed by atoms with Crippen LogP contribution in [0.4, 0.5) is 5.69 Å². The smallest absolute Gasteiger partial charge is 0.241 e. The summed E-state index contributed by atoms with van der Waals surface area (Å²) in [6.07, 6.45) is -0.0736. The van der Waals surface area contributed by atoms with E-state index in [4.69, 9.17) is 25.8 Å². The standard InChI is InChI=1S/C21H23ClN2O4/c1-14(21(25)23-17-6-7-18-19(12-17)28-11-10-27-18)24-8-9-26-20(13-24)15-2-4-16(22)5-3-15/h2-7,12,14,20H,8-11,13H2,1H3,(H,23,25)/t14-,20-/m1/s1. The Morgan fingerprint density at radius 2 is 1.86 bits per heavy atom. The van der Waals surface area contributed by atoms with Gasteiger partial charge in [0.1, 0.15) is 13.2 Å². The van der Waals surface area contributed by atoms with E-state index in [0.29, 0.717) is 55.1 Å². The van der Waals surface area contributed by atoms with Gasteiger partial charge in [-0.3, -0.25) is 9.69 Å². The number of hydrogen-bond acceptors (Lipinski definition) is 5. The highest BCUT2D eigenvalue weighted by atomic mass is 35.5. The third-order valence-corrected chi connectivity index (χ3v) is 5.33. The number of amides is 1. The van der Waals surface area contributed by atoms with Crippen LogP contribution >= 0.6 is 11.6 Å². The lowest BCUT2D eigenvalue weighted by atomic mass is 10.1. The second kappa shape index (κ2) is 8.39. The van der Waals surface area contributed by atoms with E-state index in [1.165, 1.54) is 0 Å². The lowest BCUT2D eigenvalue weighted by Crippen LogP contribution is -2.48. The molecule has 0 aromatic heterocycles. The van der Waals surface area contributed by atoms with Gasteiger partial charge in [-0.25, -0.2) is 0 Å². The van der Waals surface area contributed by atoms with Gasteiger partial charge in [0.25, 0.3) is 0 Å². The van der Waals surface area contributed by atoms with E-state index in [2.05, 4.69) is 10.2 Å². The number of nitrogens with zero attached hydrogens (tertiary/aromatic N) is 1. The lowest BCUT2D eigenvalue weighted by Gasteiger charge is -2.36. The molecule has 2 aromatic carbocycles. The van der Waals surface area contributed by atoms with Crippen molar-refractivity contribution in [3.05, 3.63) is 53.1 Å². The predicted molar refractivity (Wildman–Crippen MR) is 107 cm³/mol. The van der Waals surface area contributed by atoms with Crippen molar-refractivity contribution in [2.75, 3.05) is 38.2 Å². The number of benzene rings is 2. The number of halogens is 1. The van der Waals surface area contributed by atoms with Crippen molar-refractivity contribution in [1.82, 2.24) is 4.90 Å². The fourth-order valence-electron chi connectivity index (χ4n) is 3.43. The Kier molecular flexibility index (Phi) is 5.71. The molecule has 7 heteroatoms. The molecule has 2 heterocycles. The molecule has 0 unspecified atom stereocenters. The first-order valence-corrected chi connectivity index (χ1v) is 9.79. The normalized spacial score (nSPS) is 20.4. The van der Waals surface area contributed by atoms with Gasteiger partial charge in [-0.2, -0.15) is 0 Å². The molecule has 0 saturated carbocycles. The first-order valence-electron chi connectivity index (χ1n) is 9.42. The Hall–Kier alpha value is -2.28. The number of morpholine rings is 1. The molecule has 2 atom stereocenters. The van der Waals surface area contributed by atoms with E-state index >= 15 is 0 Å². The summed E-state index contributed by atoms with van der Waals surface area (Å²) in [5.74, 6) is 1.30. The molecule has 1 amide bonds. The Balaban J connectivity index is 1.39. The van der Waals surface area contributed by atoms with Crippen LogP contribution in [0.1, 0.15) is 18.6 Å². The van der Waals surface area contributed by atoms with Gasteiger partial charge in [-0.1, -0.05) is 23.7 Å². The van der Waals surface area contributed by atoms with Crippen LogP contribution in [-0.4, -0.2) is 49.8 Å². The molecule has 0 radical (unpaired) electrons. The molecule has 148 valence electrons. The van der Waals surface area contributed by atoms with Gasteiger partial charge in [0.2, 0.25) is 5.91 Å². The van der Waals surface area contributed by atoms with Crippen molar-refractivity contribution >= 4 is 23.2 Å². The summed E-state index contributed by atoms with van der Waals surface area (Å²) >= 11 is 5.97. The highest BCUT2D eigenvalue weighted by Crippen LogP contribution is 2.33. The fourth-order valence-corrected chi connectivity index (χ4v) is 3.56. The zero-order valence-electron chi connectivity index (χ0n) is 15.7. The van der Waals surface area contributed by atoms with E-state index in [0.717, 1.165) is 5.56 Å². The van der Waals surface area contributed by atoms with Crippen LogP contribution in [0.2, 0.25) is 5.02 Å². The van der Waals surface area contributed by atoms with Crippen LogP contribution in [0.15, 0.2) is 42.5 Å². The van der Waals surface area contributed by atoms with E-state index < -0.39 is 0 Å². The number of nitrogens with one attached hydrogen (secondary N) is 1. The number of carbonyl (C=O) groups is 1. The first-order chi connectivity index (χ1) is 13.6. The molecule has 1 N–H and O–H groups in total. The third kappa shape index (κ3) is 4.24. The second-order valence-corrected chi connectivity index (χ2v) is 7.37. The summed E-state index contributed by atoms with van der Waals surface area (Å²) in [6, 6.07) is 12.8. The van der Waals surface area contributed by atoms with Gasteiger partial charge in [-0.05, 0) is 36.8 Å². The predicted octanol–water partition coefficient (Wildman–Crippen LogP) is 3.51. The molecule has 6 nitrogen and oxygen atoms in total. The fraction of sp³-hybridized carbons (Fsp3) is 0.381. The molecule has 1 saturated heterocycles. The van der Waals surface area contributed by atoms with Gasteiger partial charge in [0.15, 0.2) is 11.5 Å². The van der Waals surface area contributed by atoms with Crippen LogP contribution < -0.4 is 14.8 Å². The van der Waals surface area contributed by atoms with Gasteiger partial charge in [0, 0.05) is 29.9 Å². The molecule has 0 spiro atoms. The van der Waals surface area contributed by atoms with Crippen molar-refractivity contribution in [1.29, 1.82) is 0 Å². The maximum absolute atomic E-state index is 12.8. The minimum atomic E-state index is -0.285. The van der Waals surface area contributed by atoms with Crippen molar-refractivity contribution in [3.63, 3.8) is 0 Å². The van der Waals surface area contributed by atoms with Crippen LogP contribution in [0.25, 0.3) is 0 Å². The topological polar surface area (TPSA) is 60.0 Å². The molecule has 0 aliphatic carbocycles. The zero-order valence-corrected chi connectivity index (χ0v) is 16.4. The molecule has 28 heavy (non-hydrogen) atoms. The summed E-state index contributed by atoms with van der Waals surface area (Å²) in [5, 5.41) is 3.67. The highest BCUT2D eigenvalue weighted by Gasteiger charge is 2.29. The molecular formula is C21H23ClN2O4. The number of hydrogen-bond donors (Lipinski definition) is 1. The zero-order chi connectivity index (χ0) is 19.5. The average molecular weight is 403 g/mol. The van der Waals surface area contributed by atoms with E-state index in [1.54, 1.807) is 6.07 Å². The van der Waals surface area contributed by atoms with Gasteiger partial charge >= 0.3 is 0 Å². The molecule has 0 bridgehead atoms. The summed E-state index contributed by atoms with van der Waals surface area (Å²) < 4.78 is 17.0. The Labute approximate surface area is 169 Å². The second-order valence-electron chi connectivity index (χ2n) is 6.93. The van der Waals surface area contributed by atoms with E-state index in [-0.39, 0.29) is 18.1 Å². The number of anilines is 1. The van der Waals surface area contributed by atoms with Crippen LogP contribution in [0.3, 0.4) is 0 Å². The van der Waals surface area contributed by atoms with E-state index in [9.17, 15) is 4.79 Å². The van der Waals surface area contributed by atoms with Crippen LogP contribution in [-0.2, 0) is 9.53 Å². The quantitative estimate of drug-likeness (QED) is 0.848. The highest BCUT2D eigenvalue weighted by molar-refractivity contribution is 6.30. The summed E-state index contributed by atoms with van der Waals surface area (Å²) in [5.41, 5.74) is 1.76. The minimum Gasteiger partial charge on any atom is -0.486 e. The lowest BCUT2D eigenvalue weighted by molar-refractivity contribution is -0.124. The number of fused-ring (bicyclic) bond motifs is 1. The maximum atomic E-state index is 12.8. The van der Waals surface area contributed by atoms with Crippen molar-refractivity contribution in [2.45, 2.75) is 19.1 Å². The third-order valence-electron chi connectivity index (χ3n) is 5.08. The monoisotopic (exact) mass is 402 g/mol. The largest absolute Gasteiger partial charge is 0.486 e. The van der Waals surface area contributed by atoms with Crippen LogP contribution in [0.5, 0.6) is 11.5 Å². The molecule has 2 aromatic rings. The van der Waals surface area contributed by atoms with Gasteiger partial charge in [-0.15, -0.1) is 0 Å². The molecule has 4 rings (SSSR count). The summed E-state index contributed by atoms with van der Waals surface area (Å²) in [7, 11) is 0. The number of carbonyl (C=O) groups excluding carboxylic acids is 1. The number of rotatable bonds is 4. The van der Waals surface area contributed by atoms with Crippen molar-refractivity contribution < 1.29 is 19.0 Å². The number of ether oxygens (including phenoxy) is 3. The SMILES string of the molecule is C[C@H](C(=O)Nc1ccc2c(c1)OCCO2)N1CCO[C@@H](c2ccc(Cl)cc2)C1. The maximum Gasteiger partial charge on any atom is 0.241 e. The molecular weight excluding hydrogens is 380 g/mol. The molecule has 2 aliphatic heterocycles.